The SMILES string of the molecule is CC(NC(=O)CCCNC(=O)c1ccccc1)c1ccc(Cl)cc1. The Morgan fingerprint density at radius 1 is 1.04 bits per heavy atom. The molecule has 0 bridgehead atoms. The number of rotatable bonds is 7. The average Bonchev–Trinajstić information content (AvgIpc) is 2.59. The van der Waals surface area contributed by atoms with E-state index < -0.39 is 0 Å². The van der Waals surface area contributed by atoms with E-state index in [0.29, 0.717) is 30.0 Å². The van der Waals surface area contributed by atoms with Crippen molar-refractivity contribution in [1.82, 2.24) is 10.6 Å². The average molecular weight is 345 g/mol. The number of amides is 2. The lowest BCUT2D eigenvalue weighted by Crippen LogP contribution is -2.29. The van der Waals surface area contributed by atoms with Gasteiger partial charge in [-0.25, -0.2) is 0 Å². The van der Waals surface area contributed by atoms with Gasteiger partial charge >= 0.3 is 0 Å². The third kappa shape index (κ3) is 5.70. The molecular formula is C19H21ClN2O2. The third-order valence-electron chi connectivity index (χ3n) is 3.65. The zero-order valence-corrected chi connectivity index (χ0v) is 14.3. The molecule has 2 aromatic carbocycles. The van der Waals surface area contributed by atoms with Crippen molar-refractivity contribution in [2.24, 2.45) is 0 Å². The van der Waals surface area contributed by atoms with Crippen LogP contribution in [0, 0.1) is 0 Å². The molecule has 0 spiro atoms. The number of nitrogens with one attached hydrogen (secondary N) is 2. The summed E-state index contributed by atoms with van der Waals surface area (Å²) >= 11 is 5.85. The van der Waals surface area contributed by atoms with Crippen molar-refractivity contribution in [3.8, 4) is 0 Å². The summed E-state index contributed by atoms with van der Waals surface area (Å²) in [7, 11) is 0. The minimum absolute atomic E-state index is 0.0357. The molecule has 5 heteroatoms. The first-order valence-electron chi connectivity index (χ1n) is 7.94. The number of halogens is 1. The lowest BCUT2D eigenvalue weighted by Gasteiger charge is -2.14. The first kappa shape index (κ1) is 18.0. The predicted molar refractivity (Wildman–Crippen MR) is 96.0 cm³/mol. The Hall–Kier alpha value is -2.33. The van der Waals surface area contributed by atoms with Gasteiger partial charge in [0.1, 0.15) is 0 Å². The number of carbonyl (C=O) groups is 2. The Morgan fingerprint density at radius 2 is 1.71 bits per heavy atom. The van der Waals surface area contributed by atoms with Gasteiger partial charge in [0.25, 0.3) is 5.91 Å². The highest BCUT2D eigenvalue weighted by Gasteiger charge is 2.10. The topological polar surface area (TPSA) is 58.2 Å². The van der Waals surface area contributed by atoms with Gasteiger partial charge in [0.15, 0.2) is 0 Å². The lowest BCUT2D eigenvalue weighted by atomic mass is 10.1. The quantitative estimate of drug-likeness (QED) is 0.752. The minimum Gasteiger partial charge on any atom is -0.352 e. The van der Waals surface area contributed by atoms with Crippen LogP contribution in [0.1, 0.15) is 41.7 Å². The Bertz CT molecular complexity index is 672. The monoisotopic (exact) mass is 344 g/mol. The van der Waals surface area contributed by atoms with Crippen molar-refractivity contribution in [2.75, 3.05) is 6.54 Å². The molecule has 1 atom stereocenters. The second-order valence-electron chi connectivity index (χ2n) is 5.57. The molecule has 0 saturated carbocycles. The van der Waals surface area contributed by atoms with Gasteiger partial charge in [0.2, 0.25) is 5.91 Å². The first-order valence-corrected chi connectivity index (χ1v) is 8.32. The molecule has 2 N–H and O–H groups in total. The summed E-state index contributed by atoms with van der Waals surface area (Å²) in [5.74, 6) is -0.156. The maximum absolute atomic E-state index is 12.0. The van der Waals surface area contributed by atoms with E-state index in [0.717, 1.165) is 5.56 Å². The summed E-state index contributed by atoms with van der Waals surface area (Å²) in [6.45, 7) is 2.40. The van der Waals surface area contributed by atoms with Crippen molar-refractivity contribution in [3.05, 3.63) is 70.7 Å². The summed E-state index contributed by atoms with van der Waals surface area (Å²) in [4.78, 5) is 23.8. The molecule has 4 nitrogen and oxygen atoms in total. The van der Waals surface area contributed by atoms with Gasteiger partial charge in [-0.2, -0.15) is 0 Å². The van der Waals surface area contributed by atoms with Crippen molar-refractivity contribution < 1.29 is 9.59 Å². The van der Waals surface area contributed by atoms with E-state index in [1.807, 2.05) is 37.3 Å². The van der Waals surface area contributed by atoms with E-state index in [1.165, 1.54) is 0 Å². The molecule has 0 aromatic heterocycles. The molecule has 2 aromatic rings. The lowest BCUT2D eigenvalue weighted by molar-refractivity contribution is -0.121. The molecule has 0 aliphatic rings. The van der Waals surface area contributed by atoms with Crippen LogP contribution >= 0.6 is 11.6 Å². The van der Waals surface area contributed by atoms with Crippen LogP contribution in [0.5, 0.6) is 0 Å². The maximum atomic E-state index is 12.0. The summed E-state index contributed by atoms with van der Waals surface area (Å²) in [6.07, 6.45) is 0.963. The van der Waals surface area contributed by atoms with Crippen LogP contribution in [0.15, 0.2) is 54.6 Å². The Labute approximate surface area is 147 Å². The molecule has 2 rings (SSSR count). The summed E-state index contributed by atoms with van der Waals surface area (Å²) < 4.78 is 0. The molecule has 0 fully saturated rings. The van der Waals surface area contributed by atoms with Crippen LogP contribution in [0.4, 0.5) is 0 Å². The maximum Gasteiger partial charge on any atom is 0.251 e. The van der Waals surface area contributed by atoms with Crippen LogP contribution in [-0.2, 0) is 4.79 Å². The van der Waals surface area contributed by atoms with Crippen LogP contribution in [0.2, 0.25) is 5.02 Å². The summed E-state index contributed by atoms with van der Waals surface area (Å²) in [5, 5.41) is 6.43. The smallest absolute Gasteiger partial charge is 0.251 e. The Morgan fingerprint density at radius 3 is 2.38 bits per heavy atom. The Kier molecular flexibility index (Phi) is 6.82. The summed E-state index contributed by atoms with van der Waals surface area (Å²) in [6, 6.07) is 16.3. The standard InChI is InChI=1S/C19H21ClN2O2/c1-14(15-9-11-17(20)12-10-15)22-18(23)8-5-13-21-19(24)16-6-3-2-4-7-16/h2-4,6-7,9-12,14H,5,8,13H2,1H3,(H,21,24)(H,22,23). The number of carbonyl (C=O) groups excluding carboxylic acids is 2. The fourth-order valence-electron chi connectivity index (χ4n) is 2.29. The van der Waals surface area contributed by atoms with Gasteiger partial charge in [-0.05, 0) is 43.2 Å². The van der Waals surface area contributed by atoms with Crippen LogP contribution in [0.25, 0.3) is 0 Å². The van der Waals surface area contributed by atoms with Gasteiger partial charge in [-0.1, -0.05) is 41.9 Å². The predicted octanol–water partition coefficient (Wildman–Crippen LogP) is 3.73. The van der Waals surface area contributed by atoms with E-state index in [9.17, 15) is 9.59 Å². The number of hydrogen-bond acceptors (Lipinski definition) is 2. The fourth-order valence-corrected chi connectivity index (χ4v) is 2.42. The highest BCUT2D eigenvalue weighted by atomic mass is 35.5. The van der Waals surface area contributed by atoms with Crippen molar-refractivity contribution in [2.45, 2.75) is 25.8 Å². The van der Waals surface area contributed by atoms with Crippen molar-refractivity contribution in [1.29, 1.82) is 0 Å². The zero-order chi connectivity index (χ0) is 17.4. The van der Waals surface area contributed by atoms with Gasteiger partial charge in [0.05, 0.1) is 6.04 Å². The van der Waals surface area contributed by atoms with Gasteiger partial charge in [-0.3, -0.25) is 9.59 Å². The zero-order valence-electron chi connectivity index (χ0n) is 13.6. The third-order valence-corrected chi connectivity index (χ3v) is 3.90. The molecule has 24 heavy (non-hydrogen) atoms. The van der Waals surface area contributed by atoms with Crippen LogP contribution in [0.3, 0.4) is 0 Å². The molecule has 126 valence electrons. The normalized spacial score (nSPS) is 11.6. The van der Waals surface area contributed by atoms with Gasteiger partial charge < -0.3 is 10.6 Å². The molecule has 0 aliphatic carbocycles. The van der Waals surface area contributed by atoms with Crippen molar-refractivity contribution in [3.63, 3.8) is 0 Å². The fraction of sp³-hybridized carbons (Fsp3) is 0.263. The second-order valence-corrected chi connectivity index (χ2v) is 6.00. The van der Waals surface area contributed by atoms with E-state index in [2.05, 4.69) is 10.6 Å². The van der Waals surface area contributed by atoms with Gasteiger partial charge in [-0.15, -0.1) is 0 Å². The largest absolute Gasteiger partial charge is 0.352 e. The Balaban J connectivity index is 1.68. The van der Waals surface area contributed by atoms with Gasteiger partial charge in [0, 0.05) is 23.6 Å². The highest BCUT2D eigenvalue weighted by Crippen LogP contribution is 2.16. The molecule has 1 unspecified atom stereocenters. The van der Waals surface area contributed by atoms with E-state index in [-0.39, 0.29) is 17.9 Å². The minimum atomic E-state index is -0.120. The number of benzene rings is 2. The molecule has 0 radical (unpaired) electrons. The van der Waals surface area contributed by atoms with E-state index >= 15 is 0 Å². The van der Waals surface area contributed by atoms with E-state index in [4.69, 9.17) is 11.6 Å². The molecule has 0 aliphatic heterocycles. The molecular weight excluding hydrogens is 324 g/mol. The molecule has 0 saturated heterocycles. The highest BCUT2D eigenvalue weighted by molar-refractivity contribution is 6.30. The molecule has 0 heterocycles. The molecule has 2 amide bonds. The van der Waals surface area contributed by atoms with Crippen molar-refractivity contribution >= 4 is 23.4 Å². The summed E-state index contributed by atoms with van der Waals surface area (Å²) in [5.41, 5.74) is 1.63. The van der Waals surface area contributed by atoms with Crippen LogP contribution in [-0.4, -0.2) is 18.4 Å². The first-order chi connectivity index (χ1) is 11.6. The van der Waals surface area contributed by atoms with Crippen LogP contribution < -0.4 is 10.6 Å². The number of hydrogen-bond donors (Lipinski definition) is 2. The van der Waals surface area contributed by atoms with E-state index in [1.54, 1.807) is 24.3 Å². The second kappa shape index (κ2) is 9.08.